The summed E-state index contributed by atoms with van der Waals surface area (Å²) in [6.07, 6.45) is 5.95. The lowest BCUT2D eigenvalue weighted by Gasteiger charge is -2.50. The summed E-state index contributed by atoms with van der Waals surface area (Å²) in [5.41, 5.74) is 0. The molecule has 0 aromatic carbocycles. The van der Waals surface area contributed by atoms with Gasteiger partial charge in [-0.05, 0) is 37.6 Å². The molecule has 0 radical (unpaired) electrons. The highest BCUT2D eigenvalue weighted by molar-refractivity contribution is 7.87. The smallest absolute Gasteiger partial charge is 0.310 e. The first-order valence-electron chi connectivity index (χ1n) is 11.3. The average Bonchev–Trinajstić information content (AvgIpc) is 3.36. The average molecular weight is 460 g/mol. The van der Waals surface area contributed by atoms with E-state index in [-0.39, 0.29) is 18.2 Å². The molecule has 3 rings (SSSR count). The molecular weight excluding hydrogens is 422 g/mol. The molecule has 172 valence electrons. The van der Waals surface area contributed by atoms with Crippen LogP contribution in [0.1, 0.15) is 59.3 Å². The predicted octanol–water partition coefficient (Wildman–Crippen LogP) is 3.15. The molecule has 1 aromatic heterocycles. The number of unbranched alkanes of at least 4 members (excludes halogenated alkanes) is 3. The second-order valence-corrected chi connectivity index (χ2v) is 11.2. The second kappa shape index (κ2) is 10.9. The number of hydroxylamine groups is 2. The summed E-state index contributed by atoms with van der Waals surface area (Å²) >= 11 is 1.24. The highest BCUT2D eigenvalue weighted by Crippen LogP contribution is 2.38. The maximum Gasteiger partial charge on any atom is 0.310 e. The zero-order chi connectivity index (χ0) is 21.7. The monoisotopic (exact) mass is 459 g/mol. The van der Waals surface area contributed by atoms with E-state index in [1.54, 1.807) is 0 Å². The van der Waals surface area contributed by atoms with Crippen LogP contribution in [0.3, 0.4) is 0 Å². The SMILES string of the molecule is CCCCCCS(=O)c1nnc([N+]2([O-])CN(C)CC2N2C(CC)COCC2CC)s1. The van der Waals surface area contributed by atoms with Gasteiger partial charge in [-0.25, -0.2) is 4.90 Å². The van der Waals surface area contributed by atoms with Gasteiger partial charge in [-0.15, -0.1) is 5.10 Å². The van der Waals surface area contributed by atoms with Crippen LogP contribution in [0.2, 0.25) is 0 Å². The van der Waals surface area contributed by atoms with E-state index in [4.69, 9.17) is 4.74 Å². The molecule has 0 amide bonds. The molecule has 2 saturated heterocycles. The summed E-state index contributed by atoms with van der Waals surface area (Å²) in [5, 5.41) is 23.1. The van der Waals surface area contributed by atoms with E-state index >= 15 is 0 Å². The van der Waals surface area contributed by atoms with Crippen LogP contribution in [0, 0.1) is 5.21 Å². The van der Waals surface area contributed by atoms with Crippen molar-refractivity contribution in [3.8, 4) is 0 Å². The van der Waals surface area contributed by atoms with Crippen molar-refractivity contribution >= 4 is 27.3 Å². The van der Waals surface area contributed by atoms with Gasteiger partial charge in [0, 0.05) is 17.8 Å². The molecule has 1 aromatic rings. The van der Waals surface area contributed by atoms with Gasteiger partial charge in [-0.1, -0.05) is 45.1 Å². The highest BCUT2D eigenvalue weighted by Gasteiger charge is 2.50. The number of nitrogens with zero attached hydrogens (tertiary/aromatic N) is 5. The first-order chi connectivity index (χ1) is 14.4. The molecule has 5 unspecified atom stereocenters. The summed E-state index contributed by atoms with van der Waals surface area (Å²) in [6.45, 7) is 8.82. The summed E-state index contributed by atoms with van der Waals surface area (Å²) in [7, 11) is 0.810. The number of hydrogen-bond acceptors (Lipinski definition) is 8. The Labute approximate surface area is 187 Å². The van der Waals surface area contributed by atoms with Gasteiger partial charge in [0.05, 0.1) is 30.6 Å². The number of morpholine rings is 1. The normalized spacial score (nSPS) is 32.0. The fourth-order valence-electron chi connectivity index (χ4n) is 4.57. The van der Waals surface area contributed by atoms with Crippen LogP contribution in [0.4, 0.5) is 5.13 Å². The zero-order valence-corrected chi connectivity index (χ0v) is 20.4. The first kappa shape index (κ1) is 24.2. The lowest BCUT2D eigenvalue weighted by Crippen LogP contribution is -2.65. The van der Waals surface area contributed by atoms with Gasteiger partial charge < -0.3 is 9.94 Å². The molecular formula is C20H37N5O3S2. The van der Waals surface area contributed by atoms with Crippen LogP contribution < -0.4 is 4.65 Å². The van der Waals surface area contributed by atoms with Crippen LogP contribution in [-0.2, 0) is 15.5 Å². The van der Waals surface area contributed by atoms with Gasteiger partial charge in [0.1, 0.15) is 6.67 Å². The number of quaternary nitrogens is 1. The molecule has 10 heteroatoms. The van der Waals surface area contributed by atoms with E-state index in [2.05, 4.69) is 40.8 Å². The number of rotatable bonds is 10. The van der Waals surface area contributed by atoms with Crippen LogP contribution in [-0.4, -0.2) is 81.7 Å². The summed E-state index contributed by atoms with van der Waals surface area (Å²) in [5.74, 6) is 0.593. The first-order valence-corrected chi connectivity index (χ1v) is 13.4. The van der Waals surface area contributed by atoms with Gasteiger partial charge >= 0.3 is 5.13 Å². The lowest BCUT2D eigenvalue weighted by molar-refractivity contribution is -0.0889. The molecule has 0 N–H and O–H groups in total. The van der Waals surface area contributed by atoms with E-state index in [9.17, 15) is 9.42 Å². The molecule has 3 heterocycles. The maximum atomic E-state index is 14.2. The molecule has 8 nitrogen and oxygen atoms in total. The lowest BCUT2D eigenvalue weighted by atomic mass is 10.0. The maximum absolute atomic E-state index is 14.2. The van der Waals surface area contributed by atoms with E-state index < -0.39 is 15.4 Å². The molecule has 5 atom stereocenters. The van der Waals surface area contributed by atoms with Crippen molar-refractivity contribution in [1.29, 1.82) is 0 Å². The molecule has 2 fully saturated rings. The van der Waals surface area contributed by atoms with Gasteiger partial charge in [0.25, 0.3) is 0 Å². The van der Waals surface area contributed by atoms with Crippen LogP contribution in [0.25, 0.3) is 0 Å². The number of aromatic nitrogens is 2. The van der Waals surface area contributed by atoms with Crippen molar-refractivity contribution < 1.29 is 8.95 Å². The van der Waals surface area contributed by atoms with Crippen molar-refractivity contribution in [2.45, 2.75) is 81.9 Å². The Morgan fingerprint density at radius 3 is 2.50 bits per heavy atom. The van der Waals surface area contributed by atoms with Crippen LogP contribution in [0.15, 0.2) is 4.34 Å². The van der Waals surface area contributed by atoms with E-state index in [0.29, 0.717) is 41.7 Å². The molecule has 2 aliphatic rings. The van der Waals surface area contributed by atoms with Crippen molar-refractivity contribution in [2.75, 3.05) is 39.2 Å². The van der Waals surface area contributed by atoms with Crippen LogP contribution in [0.5, 0.6) is 0 Å². The Balaban J connectivity index is 1.81. The van der Waals surface area contributed by atoms with Crippen molar-refractivity contribution in [3.63, 3.8) is 0 Å². The van der Waals surface area contributed by atoms with E-state index in [1.165, 1.54) is 11.3 Å². The molecule has 0 bridgehead atoms. The topological polar surface area (TPSA) is 81.6 Å². The molecule has 30 heavy (non-hydrogen) atoms. The van der Waals surface area contributed by atoms with Gasteiger partial charge in [0.2, 0.25) is 4.34 Å². The van der Waals surface area contributed by atoms with Crippen molar-refractivity contribution in [2.24, 2.45) is 0 Å². The minimum atomic E-state index is -1.18. The van der Waals surface area contributed by atoms with E-state index in [0.717, 1.165) is 38.5 Å². The summed E-state index contributed by atoms with van der Waals surface area (Å²) in [6, 6.07) is 0.457. The van der Waals surface area contributed by atoms with Crippen molar-refractivity contribution in [1.82, 2.24) is 24.6 Å². The Morgan fingerprint density at radius 1 is 1.17 bits per heavy atom. The van der Waals surface area contributed by atoms with Gasteiger partial charge in [-0.2, -0.15) is 0 Å². The quantitative estimate of drug-likeness (QED) is 0.302. The number of ether oxygens (including phenoxy) is 1. The minimum absolute atomic E-state index is 0.228. The highest BCUT2D eigenvalue weighted by atomic mass is 32.2. The van der Waals surface area contributed by atoms with Gasteiger partial charge in [-0.3, -0.25) is 13.8 Å². The Morgan fingerprint density at radius 2 is 1.87 bits per heavy atom. The third-order valence-corrected chi connectivity index (χ3v) is 9.02. The summed E-state index contributed by atoms with van der Waals surface area (Å²) in [4.78, 5) is 4.47. The minimum Gasteiger partial charge on any atom is -0.623 e. The third kappa shape index (κ3) is 5.11. The van der Waals surface area contributed by atoms with Gasteiger partial charge in [0.15, 0.2) is 6.17 Å². The number of hydrogen-bond donors (Lipinski definition) is 0. The Bertz CT molecular complexity index is 694. The Kier molecular flexibility index (Phi) is 8.77. The van der Waals surface area contributed by atoms with Crippen molar-refractivity contribution in [3.05, 3.63) is 5.21 Å². The number of likely N-dealkylation sites (N-methyl/N-ethyl adjacent to an activating group) is 1. The summed E-state index contributed by atoms with van der Waals surface area (Å²) < 4.78 is 18.4. The molecule has 0 aliphatic carbocycles. The predicted molar refractivity (Wildman–Crippen MR) is 123 cm³/mol. The third-order valence-electron chi connectivity index (χ3n) is 6.26. The Hall–Kier alpha value is -0.490. The second-order valence-electron chi connectivity index (χ2n) is 8.53. The largest absolute Gasteiger partial charge is 0.623 e. The van der Waals surface area contributed by atoms with E-state index in [1.807, 2.05) is 7.05 Å². The molecule has 0 saturated carbocycles. The zero-order valence-electron chi connectivity index (χ0n) is 18.8. The fraction of sp³-hybridized carbons (Fsp3) is 0.900. The molecule has 0 spiro atoms. The molecule has 2 aliphatic heterocycles. The fourth-order valence-corrected chi connectivity index (χ4v) is 6.84. The standard InChI is InChI=1S/C20H37N5O3S2/c1-5-8-9-10-11-30(27)20-22-21-19(29-20)25(26)15-23(4)12-18(25)24-16(6-2)13-28-14-17(24)7-3/h16-18H,5-15H2,1-4H3. The van der Waals surface area contributed by atoms with Crippen LogP contribution >= 0.6 is 11.3 Å².